The topological polar surface area (TPSA) is 71.4 Å². The Morgan fingerprint density at radius 1 is 0.750 bits per heavy atom. The molecule has 0 fully saturated rings. The largest absolute Gasteiger partial charge is 4.00 e. The Balaban J connectivity index is -0.0000000406. The van der Waals surface area contributed by atoms with E-state index < -0.39 is 0 Å². The van der Waals surface area contributed by atoms with Gasteiger partial charge in [-0.15, -0.1) is 0 Å². The number of nitrogens with one attached hydrogen (secondary N) is 3. The van der Waals surface area contributed by atoms with Crippen LogP contribution in [-0.4, -0.2) is 21.1 Å². The van der Waals surface area contributed by atoms with Gasteiger partial charge in [0.15, 0.2) is 0 Å². The maximum Gasteiger partial charge on any atom is 4.00 e. The van der Waals surface area contributed by atoms with Gasteiger partial charge in [-0.3, -0.25) is 0 Å². The Labute approximate surface area is 94.8 Å². The smallest absolute Gasteiger partial charge is 0.680 e. The molecule has 3 nitrogen and oxygen atoms in total. The zero-order chi connectivity index (χ0) is 9.54. The van der Waals surface area contributed by atoms with Crippen LogP contribution in [0.5, 0.6) is 0 Å². The second-order valence-corrected chi connectivity index (χ2v) is 0.962. The SMILES string of the molecule is C[NH-].C[NH-].C[NH-].[Zr+4].c1cc[cH-]c1. The minimum atomic E-state index is 0. The predicted molar refractivity (Wildman–Crippen MR) is 52.8 cm³/mol. The first-order chi connectivity index (χ1) is 5.50. The fourth-order valence-corrected chi connectivity index (χ4v) is 0.321. The summed E-state index contributed by atoms with van der Waals surface area (Å²) >= 11 is 0. The van der Waals surface area contributed by atoms with Crippen molar-refractivity contribution in [2.75, 3.05) is 21.1 Å². The van der Waals surface area contributed by atoms with Crippen LogP contribution in [0.2, 0.25) is 0 Å². The van der Waals surface area contributed by atoms with E-state index in [0.29, 0.717) is 0 Å². The van der Waals surface area contributed by atoms with E-state index in [1.807, 2.05) is 30.3 Å². The summed E-state index contributed by atoms with van der Waals surface area (Å²) in [4.78, 5) is 0. The van der Waals surface area contributed by atoms with Gasteiger partial charge in [0.05, 0.1) is 0 Å². The zero-order valence-electron chi connectivity index (χ0n) is 7.89. The molecule has 0 aliphatic carbocycles. The summed E-state index contributed by atoms with van der Waals surface area (Å²) in [5.74, 6) is 0. The molecule has 0 aromatic heterocycles. The Kier molecular flexibility index (Phi) is 82.3. The molecule has 12 heavy (non-hydrogen) atoms. The molecule has 0 radical (unpaired) electrons. The molecule has 0 heterocycles. The Hall–Kier alpha value is 0.113. The van der Waals surface area contributed by atoms with E-state index in [-0.39, 0.29) is 26.2 Å². The average Bonchev–Trinajstić information content (AvgIpc) is 2.71. The van der Waals surface area contributed by atoms with Gasteiger partial charge >= 0.3 is 26.2 Å². The van der Waals surface area contributed by atoms with Gasteiger partial charge in [0, 0.05) is 0 Å². The summed E-state index contributed by atoms with van der Waals surface area (Å²) < 4.78 is 0. The van der Waals surface area contributed by atoms with Gasteiger partial charge in [0.25, 0.3) is 0 Å². The average molecular weight is 246 g/mol. The maximum atomic E-state index is 5.75. The summed E-state index contributed by atoms with van der Waals surface area (Å²) in [6, 6.07) is 10.0. The number of rotatable bonds is 0. The molecule has 3 N–H and O–H groups in total. The minimum absolute atomic E-state index is 0. The molecule has 1 aromatic carbocycles. The van der Waals surface area contributed by atoms with Crippen molar-refractivity contribution in [3.05, 3.63) is 47.5 Å². The van der Waals surface area contributed by atoms with Crippen LogP contribution in [0.4, 0.5) is 0 Å². The standard InChI is InChI=1S/C5H5.3CH4N.Zr/c1-2-4-5-3-1;3*1-2;/h1-5H;3*2H,1H3;/q4*-1;+4. The van der Waals surface area contributed by atoms with Crippen LogP contribution in [0.1, 0.15) is 0 Å². The van der Waals surface area contributed by atoms with Gasteiger partial charge in [0.1, 0.15) is 0 Å². The molecule has 0 saturated heterocycles. The molecule has 0 unspecified atom stereocenters. The van der Waals surface area contributed by atoms with Crippen molar-refractivity contribution in [2.45, 2.75) is 0 Å². The van der Waals surface area contributed by atoms with Crippen molar-refractivity contribution in [3.8, 4) is 0 Å². The maximum absolute atomic E-state index is 5.75. The van der Waals surface area contributed by atoms with E-state index in [9.17, 15) is 0 Å². The molecule has 1 aromatic rings. The van der Waals surface area contributed by atoms with Crippen LogP contribution in [0.15, 0.2) is 30.3 Å². The first-order valence-electron chi connectivity index (χ1n) is 3.17. The number of hydrogen-bond acceptors (Lipinski definition) is 0. The molecule has 0 aliphatic rings. The molecule has 4 heteroatoms. The Morgan fingerprint density at radius 3 is 1.08 bits per heavy atom. The third-order valence-corrected chi connectivity index (χ3v) is 0.556. The molecule has 68 valence electrons. The fourth-order valence-electron chi connectivity index (χ4n) is 0.321. The molecule has 0 amide bonds. The molecule has 0 spiro atoms. The molecule has 1 rings (SSSR count). The van der Waals surface area contributed by atoms with Gasteiger partial charge in [-0.1, -0.05) is 0 Å². The van der Waals surface area contributed by atoms with Crippen molar-refractivity contribution < 1.29 is 26.2 Å². The van der Waals surface area contributed by atoms with Gasteiger partial charge < -0.3 is 17.2 Å². The quantitative estimate of drug-likeness (QED) is 0.629. The molecule has 0 saturated carbocycles. The van der Waals surface area contributed by atoms with E-state index in [4.69, 9.17) is 17.2 Å². The summed E-state index contributed by atoms with van der Waals surface area (Å²) in [5, 5.41) is 0. The van der Waals surface area contributed by atoms with Crippen LogP contribution in [0.25, 0.3) is 17.2 Å². The van der Waals surface area contributed by atoms with E-state index in [1.54, 1.807) is 0 Å². The van der Waals surface area contributed by atoms with E-state index in [0.717, 1.165) is 0 Å². The van der Waals surface area contributed by atoms with Crippen molar-refractivity contribution in [3.63, 3.8) is 0 Å². The van der Waals surface area contributed by atoms with Crippen LogP contribution in [0, 0.1) is 0 Å². The normalized spacial score (nSPS) is 4.83. The van der Waals surface area contributed by atoms with Gasteiger partial charge in [-0.25, -0.2) is 12.1 Å². The van der Waals surface area contributed by atoms with E-state index in [2.05, 4.69) is 0 Å². The third-order valence-electron chi connectivity index (χ3n) is 0.556. The zero-order valence-corrected chi connectivity index (χ0v) is 10.3. The first-order valence-corrected chi connectivity index (χ1v) is 3.17. The summed E-state index contributed by atoms with van der Waals surface area (Å²) in [6.07, 6.45) is 0. The Bertz CT molecular complexity index is 70.8. The first kappa shape index (κ1) is 22.7. The van der Waals surface area contributed by atoms with Crippen LogP contribution in [-0.2, 0) is 26.2 Å². The second kappa shape index (κ2) is 43.5. The van der Waals surface area contributed by atoms with Gasteiger partial charge in [0.2, 0.25) is 0 Å². The molecule has 0 bridgehead atoms. The molecule has 0 aliphatic heterocycles. The summed E-state index contributed by atoms with van der Waals surface area (Å²) in [6.45, 7) is 0. The van der Waals surface area contributed by atoms with Crippen LogP contribution in [0.3, 0.4) is 0 Å². The molecular formula is C8H17N3Zr. The second-order valence-electron chi connectivity index (χ2n) is 0.962. The van der Waals surface area contributed by atoms with Crippen molar-refractivity contribution in [1.82, 2.24) is 0 Å². The minimum Gasteiger partial charge on any atom is -0.680 e. The fraction of sp³-hybridized carbons (Fsp3) is 0.375. The summed E-state index contributed by atoms with van der Waals surface area (Å²) in [5.41, 5.74) is 17.2. The van der Waals surface area contributed by atoms with Gasteiger partial charge in [-0.2, -0.15) is 39.3 Å². The van der Waals surface area contributed by atoms with Gasteiger partial charge in [-0.05, 0) is 0 Å². The monoisotopic (exact) mass is 245 g/mol. The van der Waals surface area contributed by atoms with E-state index in [1.165, 1.54) is 21.1 Å². The van der Waals surface area contributed by atoms with Crippen molar-refractivity contribution >= 4 is 0 Å². The van der Waals surface area contributed by atoms with E-state index >= 15 is 0 Å². The summed E-state index contributed by atoms with van der Waals surface area (Å²) in [7, 11) is 3.75. The third kappa shape index (κ3) is 32.1. The Morgan fingerprint density at radius 2 is 1.00 bits per heavy atom. The molecular weight excluding hydrogens is 229 g/mol. The van der Waals surface area contributed by atoms with Crippen LogP contribution >= 0.6 is 0 Å². The van der Waals surface area contributed by atoms with Crippen LogP contribution < -0.4 is 0 Å². The number of hydrogen-bond donors (Lipinski definition) is 0. The predicted octanol–water partition coefficient (Wildman–Crippen LogP) is 3.41. The van der Waals surface area contributed by atoms with Crippen molar-refractivity contribution in [2.24, 2.45) is 0 Å². The molecule has 0 atom stereocenters. The van der Waals surface area contributed by atoms with Crippen molar-refractivity contribution in [1.29, 1.82) is 0 Å².